The number of morpholine rings is 1. The van der Waals surface area contributed by atoms with Gasteiger partial charge in [-0.2, -0.15) is 0 Å². The van der Waals surface area contributed by atoms with Crippen molar-refractivity contribution in [2.45, 2.75) is 25.8 Å². The molecule has 3 heterocycles. The van der Waals surface area contributed by atoms with Gasteiger partial charge in [-0.1, -0.05) is 6.92 Å². The standard InChI is InChI=1S/C19H22N4O6/c1-3-6-22-17(25)19(16(24)20(2)18(22)26)10-12-9-13(23(27)28)4-5-14(12)21-7-8-29-11-15(19)21/h4-5,9,15H,3,6-8,10-11H2,1-2H3/t15-,19+/m1/s1. The van der Waals surface area contributed by atoms with Crippen molar-refractivity contribution in [1.29, 1.82) is 0 Å². The van der Waals surface area contributed by atoms with E-state index in [0.29, 0.717) is 25.1 Å². The van der Waals surface area contributed by atoms with Crippen LogP contribution < -0.4 is 4.90 Å². The molecule has 4 rings (SSSR count). The third-order valence-electron chi connectivity index (χ3n) is 6.03. The highest BCUT2D eigenvalue weighted by Crippen LogP contribution is 2.47. The van der Waals surface area contributed by atoms with Gasteiger partial charge in [0, 0.05) is 44.4 Å². The van der Waals surface area contributed by atoms with Crippen molar-refractivity contribution in [3.8, 4) is 0 Å². The zero-order chi connectivity index (χ0) is 20.9. The second-order valence-corrected chi connectivity index (χ2v) is 7.61. The summed E-state index contributed by atoms with van der Waals surface area (Å²) in [5.74, 6) is -1.14. The number of nitrogens with zero attached hydrogens (tertiary/aromatic N) is 4. The number of barbiturate groups is 1. The molecule has 1 aromatic carbocycles. The molecule has 0 aliphatic carbocycles. The quantitative estimate of drug-likeness (QED) is 0.424. The van der Waals surface area contributed by atoms with Gasteiger partial charge in [-0.25, -0.2) is 4.79 Å². The van der Waals surface area contributed by atoms with Crippen molar-refractivity contribution in [2.75, 3.05) is 38.3 Å². The Morgan fingerprint density at radius 2 is 2.03 bits per heavy atom. The van der Waals surface area contributed by atoms with E-state index in [2.05, 4.69) is 0 Å². The van der Waals surface area contributed by atoms with E-state index in [1.54, 1.807) is 6.07 Å². The number of benzene rings is 1. The van der Waals surface area contributed by atoms with E-state index in [1.807, 2.05) is 11.8 Å². The molecule has 4 amide bonds. The van der Waals surface area contributed by atoms with Crippen LogP contribution in [-0.4, -0.2) is 72.0 Å². The fraction of sp³-hybridized carbons (Fsp3) is 0.526. The first-order chi connectivity index (χ1) is 13.8. The Morgan fingerprint density at radius 1 is 1.28 bits per heavy atom. The minimum atomic E-state index is -1.56. The first-order valence-corrected chi connectivity index (χ1v) is 9.58. The number of hydrogen-bond acceptors (Lipinski definition) is 7. The third kappa shape index (κ3) is 2.62. The maximum absolute atomic E-state index is 13.6. The van der Waals surface area contributed by atoms with Crippen LogP contribution in [-0.2, 0) is 20.7 Å². The molecule has 0 unspecified atom stereocenters. The van der Waals surface area contributed by atoms with Crippen LogP contribution in [0, 0.1) is 15.5 Å². The second kappa shape index (κ2) is 6.80. The van der Waals surface area contributed by atoms with Crippen LogP contribution in [0.15, 0.2) is 18.2 Å². The maximum Gasteiger partial charge on any atom is 0.333 e. The number of nitro benzene ring substituents is 1. The van der Waals surface area contributed by atoms with Gasteiger partial charge in [-0.05, 0) is 18.1 Å². The Balaban J connectivity index is 1.90. The van der Waals surface area contributed by atoms with E-state index in [1.165, 1.54) is 19.2 Å². The van der Waals surface area contributed by atoms with Gasteiger partial charge in [-0.15, -0.1) is 0 Å². The normalized spacial score (nSPS) is 26.6. The summed E-state index contributed by atoms with van der Waals surface area (Å²) < 4.78 is 5.62. The molecule has 2 atom stereocenters. The number of carbonyl (C=O) groups excluding carboxylic acids is 3. The highest BCUT2D eigenvalue weighted by atomic mass is 16.6. The Bertz CT molecular complexity index is 918. The summed E-state index contributed by atoms with van der Waals surface area (Å²) in [6.07, 6.45) is 0.548. The van der Waals surface area contributed by atoms with Crippen LogP contribution >= 0.6 is 0 Å². The van der Waals surface area contributed by atoms with Gasteiger partial charge in [0.1, 0.15) is 0 Å². The van der Waals surface area contributed by atoms with E-state index in [9.17, 15) is 24.5 Å². The first-order valence-electron chi connectivity index (χ1n) is 9.58. The maximum atomic E-state index is 13.6. The fourth-order valence-corrected chi connectivity index (χ4v) is 4.67. The number of carbonyl (C=O) groups is 3. The van der Waals surface area contributed by atoms with E-state index in [4.69, 9.17) is 4.74 Å². The van der Waals surface area contributed by atoms with E-state index in [0.717, 1.165) is 15.5 Å². The Labute approximate surface area is 167 Å². The second-order valence-electron chi connectivity index (χ2n) is 7.61. The molecule has 2 fully saturated rings. The molecule has 3 aliphatic rings. The molecule has 0 radical (unpaired) electrons. The van der Waals surface area contributed by atoms with Crippen LogP contribution in [0.1, 0.15) is 18.9 Å². The summed E-state index contributed by atoms with van der Waals surface area (Å²) in [6.45, 7) is 3.07. The number of rotatable bonds is 3. The van der Waals surface area contributed by atoms with Gasteiger partial charge >= 0.3 is 6.03 Å². The molecule has 0 bridgehead atoms. The Morgan fingerprint density at radius 3 is 2.72 bits per heavy atom. The van der Waals surface area contributed by atoms with Crippen LogP contribution in [0.2, 0.25) is 0 Å². The lowest BCUT2D eigenvalue weighted by atomic mass is 9.68. The zero-order valence-corrected chi connectivity index (χ0v) is 16.3. The highest BCUT2D eigenvalue weighted by molar-refractivity contribution is 6.20. The first kappa shape index (κ1) is 19.3. The number of anilines is 1. The zero-order valence-electron chi connectivity index (χ0n) is 16.3. The lowest BCUT2D eigenvalue weighted by Crippen LogP contribution is -2.74. The summed E-state index contributed by atoms with van der Waals surface area (Å²) in [6, 6.07) is 3.28. The number of ether oxygens (including phenoxy) is 1. The van der Waals surface area contributed by atoms with Gasteiger partial charge < -0.3 is 9.64 Å². The molecular weight excluding hydrogens is 380 g/mol. The minimum Gasteiger partial charge on any atom is -0.377 e. The molecule has 1 aromatic rings. The van der Waals surface area contributed by atoms with E-state index >= 15 is 0 Å². The van der Waals surface area contributed by atoms with Crippen molar-refractivity contribution in [3.63, 3.8) is 0 Å². The Kier molecular flexibility index (Phi) is 4.53. The molecular formula is C19H22N4O6. The summed E-state index contributed by atoms with van der Waals surface area (Å²) in [5.41, 5.74) is -0.341. The summed E-state index contributed by atoms with van der Waals surface area (Å²) in [7, 11) is 1.37. The molecule has 0 aromatic heterocycles. The largest absolute Gasteiger partial charge is 0.377 e. The molecule has 10 nitrogen and oxygen atoms in total. The van der Waals surface area contributed by atoms with E-state index in [-0.39, 0.29) is 25.3 Å². The highest BCUT2D eigenvalue weighted by Gasteiger charge is 2.64. The molecule has 29 heavy (non-hydrogen) atoms. The summed E-state index contributed by atoms with van der Waals surface area (Å²) >= 11 is 0. The molecule has 10 heteroatoms. The summed E-state index contributed by atoms with van der Waals surface area (Å²) in [4.78, 5) is 54.4. The number of urea groups is 1. The van der Waals surface area contributed by atoms with Crippen molar-refractivity contribution < 1.29 is 24.0 Å². The molecule has 1 spiro atoms. The molecule has 154 valence electrons. The lowest BCUT2D eigenvalue weighted by molar-refractivity contribution is -0.384. The number of nitro groups is 1. The number of fused-ring (bicyclic) bond motifs is 4. The van der Waals surface area contributed by atoms with E-state index < -0.39 is 34.2 Å². The molecule has 3 aliphatic heterocycles. The molecule has 0 N–H and O–H groups in total. The van der Waals surface area contributed by atoms with Gasteiger partial charge in [-0.3, -0.25) is 29.5 Å². The Hall–Kier alpha value is -3.01. The van der Waals surface area contributed by atoms with Gasteiger partial charge in [0.25, 0.3) is 5.69 Å². The predicted octanol–water partition coefficient (Wildman–Crippen LogP) is 1.17. The van der Waals surface area contributed by atoms with Crippen molar-refractivity contribution >= 4 is 29.2 Å². The fourth-order valence-electron chi connectivity index (χ4n) is 4.67. The lowest BCUT2D eigenvalue weighted by Gasteiger charge is -2.54. The smallest absolute Gasteiger partial charge is 0.333 e. The molecule has 0 saturated carbocycles. The van der Waals surface area contributed by atoms with Crippen LogP contribution in [0.4, 0.5) is 16.2 Å². The minimum absolute atomic E-state index is 0.00988. The van der Waals surface area contributed by atoms with Crippen molar-refractivity contribution in [1.82, 2.24) is 9.80 Å². The van der Waals surface area contributed by atoms with Gasteiger partial charge in [0.15, 0.2) is 5.41 Å². The van der Waals surface area contributed by atoms with Crippen molar-refractivity contribution in [2.24, 2.45) is 5.41 Å². The SMILES string of the molecule is CCCN1C(=O)N(C)C(=O)[C@@]2(Cc3cc([N+](=O)[O-])ccc3N3CCOC[C@@H]32)C1=O. The average molecular weight is 402 g/mol. The third-order valence-corrected chi connectivity index (χ3v) is 6.03. The topological polar surface area (TPSA) is 113 Å². The van der Waals surface area contributed by atoms with Crippen LogP contribution in [0.5, 0.6) is 0 Å². The van der Waals surface area contributed by atoms with Crippen LogP contribution in [0.25, 0.3) is 0 Å². The molecule has 2 saturated heterocycles. The number of amides is 4. The number of non-ortho nitro benzene ring substituents is 1. The predicted molar refractivity (Wildman–Crippen MR) is 101 cm³/mol. The number of hydrogen-bond donors (Lipinski definition) is 0. The van der Waals surface area contributed by atoms with Crippen LogP contribution in [0.3, 0.4) is 0 Å². The van der Waals surface area contributed by atoms with Gasteiger partial charge in [0.05, 0.1) is 24.2 Å². The van der Waals surface area contributed by atoms with Gasteiger partial charge in [0.2, 0.25) is 11.8 Å². The van der Waals surface area contributed by atoms with Crippen molar-refractivity contribution in [3.05, 3.63) is 33.9 Å². The summed E-state index contributed by atoms with van der Waals surface area (Å²) in [5, 5.41) is 11.3. The monoisotopic (exact) mass is 402 g/mol. The number of imide groups is 2. The average Bonchev–Trinajstić information content (AvgIpc) is 2.73.